The van der Waals surface area contributed by atoms with Crippen LogP contribution in [-0.4, -0.2) is 32.2 Å². The maximum atomic E-state index is 12.2. The third-order valence-corrected chi connectivity index (χ3v) is 3.51. The monoisotopic (exact) mass is 277 g/mol. The molecule has 1 fully saturated rings. The van der Waals surface area contributed by atoms with Gasteiger partial charge in [-0.05, 0) is 37.5 Å². The smallest absolute Gasteiger partial charge is 0.337 e. The lowest BCUT2D eigenvalue weighted by molar-refractivity contribution is -0.122. The topological polar surface area (TPSA) is 64.6 Å². The van der Waals surface area contributed by atoms with Gasteiger partial charge >= 0.3 is 5.97 Å². The molecule has 1 aliphatic rings. The van der Waals surface area contributed by atoms with Gasteiger partial charge in [-0.3, -0.25) is 4.79 Å². The summed E-state index contributed by atoms with van der Waals surface area (Å²) in [6, 6.07) is 5.13. The van der Waals surface area contributed by atoms with Gasteiger partial charge in [-0.2, -0.15) is 0 Å². The molecular weight excluding hydrogens is 258 g/mol. The Morgan fingerprint density at radius 1 is 1.30 bits per heavy atom. The number of benzene rings is 1. The Bertz CT molecular complexity index is 507. The van der Waals surface area contributed by atoms with Crippen molar-refractivity contribution in [3.63, 3.8) is 0 Å². The van der Waals surface area contributed by atoms with Crippen molar-refractivity contribution in [1.82, 2.24) is 0 Å². The summed E-state index contributed by atoms with van der Waals surface area (Å²) < 4.78 is 9.93. The number of hydrogen-bond acceptors (Lipinski definition) is 4. The van der Waals surface area contributed by atoms with Crippen molar-refractivity contribution in [1.29, 1.82) is 0 Å². The van der Waals surface area contributed by atoms with Crippen molar-refractivity contribution in [2.75, 3.05) is 25.6 Å². The molecular formula is C15H19NO4. The molecule has 1 aromatic carbocycles. The quantitative estimate of drug-likeness (QED) is 0.860. The first-order valence-corrected chi connectivity index (χ1v) is 6.69. The summed E-state index contributed by atoms with van der Waals surface area (Å²) in [5, 5.41) is 2.90. The molecule has 0 aromatic heterocycles. The molecule has 0 radical (unpaired) electrons. The molecule has 5 nitrogen and oxygen atoms in total. The number of nitrogens with one attached hydrogen (secondary N) is 1. The van der Waals surface area contributed by atoms with E-state index < -0.39 is 5.97 Å². The van der Waals surface area contributed by atoms with Crippen LogP contribution in [0.5, 0.6) is 0 Å². The van der Waals surface area contributed by atoms with E-state index in [-0.39, 0.29) is 11.8 Å². The lowest BCUT2D eigenvalue weighted by Gasteiger charge is -2.21. The van der Waals surface area contributed by atoms with Gasteiger partial charge in [0.1, 0.15) is 0 Å². The summed E-state index contributed by atoms with van der Waals surface area (Å²) in [6.45, 7) is 3.14. The summed E-state index contributed by atoms with van der Waals surface area (Å²) in [5.74, 6) is -0.449. The van der Waals surface area contributed by atoms with E-state index in [0.29, 0.717) is 24.5 Å². The summed E-state index contributed by atoms with van der Waals surface area (Å²) in [4.78, 5) is 23.7. The first kappa shape index (κ1) is 14.5. The van der Waals surface area contributed by atoms with E-state index in [4.69, 9.17) is 4.74 Å². The lowest BCUT2D eigenvalue weighted by Crippen LogP contribution is -2.28. The molecule has 1 N–H and O–H groups in total. The number of rotatable bonds is 3. The Morgan fingerprint density at radius 3 is 2.65 bits per heavy atom. The molecule has 108 valence electrons. The fourth-order valence-electron chi connectivity index (χ4n) is 2.20. The molecule has 0 saturated carbocycles. The summed E-state index contributed by atoms with van der Waals surface area (Å²) in [6.07, 6.45) is 1.48. The number of anilines is 1. The van der Waals surface area contributed by atoms with Crippen LogP contribution in [0.4, 0.5) is 5.69 Å². The maximum Gasteiger partial charge on any atom is 0.337 e. The van der Waals surface area contributed by atoms with Crippen LogP contribution in [-0.2, 0) is 14.3 Å². The van der Waals surface area contributed by atoms with E-state index in [0.717, 1.165) is 18.4 Å². The zero-order valence-electron chi connectivity index (χ0n) is 11.8. The molecule has 0 atom stereocenters. The summed E-state index contributed by atoms with van der Waals surface area (Å²) in [5.41, 5.74) is 2.00. The maximum absolute atomic E-state index is 12.2. The van der Waals surface area contributed by atoms with Gasteiger partial charge in [0.25, 0.3) is 0 Å². The molecule has 20 heavy (non-hydrogen) atoms. The van der Waals surface area contributed by atoms with Crippen LogP contribution in [0.2, 0.25) is 0 Å². The van der Waals surface area contributed by atoms with Crippen LogP contribution in [0, 0.1) is 12.8 Å². The number of amides is 1. The Labute approximate surface area is 118 Å². The van der Waals surface area contributed by atoms with Gasteiger partial charge < -0.3 is 14.8 Å². The average molecular weight is 277 g/mol. The number of hydrogen-bond donors (Lipinski definition) is 1. The minimum Gasteiger partial charge on any atom is -0.465 e. The number of methoxy groups -OCH3 is 1. The largest absolute Gasteiger partial charge is 0.465 e. The van der Waals surface area contributed by atoms with Crippen molar-refractivity contribution >= 4 is 17.6 Å². The fourth-order valence-corrected chi connectivity index (χ4v) is 2.20. The highest BCUT2D eigenvalue weighted by Crippen LogP contribution is 2.21. The molecule has 2 rings (SSSR count). The number of aryl methyl sites for hydroxylation is 1. The second kappa shape index (κ2) is 6.52. The van der Waals surface area contributed by atoms with Crippen molar-refractivity contribution in [2.24, 2.45) is 5.92 Å². The average Bonchev–Trinajstić information content (AvgIpc) is 2.49. The van der Waals surface area contributed by atoms with E-state index in [9.17, 15) is 9.59 Å². The van der Waals surface area contributed by atoms with Crippen molar-refractivity contribution in [2.45, 2.75) is 19.8 Å². The second-order valence-electron chi connectivity index (χ2n) is 4.90. The predicted molar refractivity (Wildman–Crippen MR) is 74.7 cm³/mol. The molecule has 0 bridgehead atoms. The Kier molecular flexibility index (Phi) is 4.74. The SMILES string of the molecule is COC(=O)c1ccc(C)c(NC(=O)C2CCOCC2)c1. The standard InChI is InChI=1S/C15H19NO4/c1-10-3-4-12(15(18)19-2)9-13(10)16-14(17)11-5-7-20-8-6-11/h3-4,9,11H,5-8H2,1-2H3,(H,16,17). The highest BCUT2D eigenvalue weighted by atomic mass is 16.5. The molecule has 0 aliphatic carbocycles. The Morgan fingerprint density at radius 2 is 2.00 bits per heavy atom. The van der Waals surface area contributed by atoms with E-state index >= 15 is 0 Å². The highest BCUT2D eigenvalue weighted by Gasteiger charge is 2.22. The third kappa shape index (κ3) is 3.36. The number of carbonyl (C=O) groups excluding carboxylic acids is 2. The number of ether oxygens (including phenoxy) is 2. The Hall–Kier alpha value is -1.88. The van der Waals surface area contributed by atoms with E-state index in [2.05, 4.69) is 10.1 Å². The second-order valence-corrected chi connectivity index (χ2v) is 4.90. The predicted octanol–water partition coefficient (Wildman–Crippen LogP) is 2.15. The molecule has 1 saturated heterocycles. The van der Waals surface area contributed by atoms with Gasteiger partial charge in [-0.1, -0.05) is 6.07 Å². The first-order valence-electron chi connectivity index (χ1n) is 6.69. The van der Waals surface area contributed by atoms with Crippen LogP contribution >= 0.6 is 0 Å². The van der Waals surface area contributed by atoms with Gasteiger partial charge in [0.2, 0.25) is 5.91 Å². The van der Waals surface area contributed by atoms with Gasteiger partial charge in [0.05, 0.1) is 12.7 Å². The van der Waals surface area contributed by atoms with Crippen molar-refractivity contribution in [3.8, 4) is 0 Å². The van der Waals surface area contributed by atoms with Crippen LogP contribution < -0.4 is 5.32 Å². The fraction of sp³-hybridized carbons (Fsp3) is 0.467. The Balaban J connectivity index is 2.11. The summed E-state index contributed by atoms with van der Waals surface area (Å²) in [7, 11) is 1.34. The van der Waals surface area contributed by atoms with Crippen molar-refractivity contribution < 1.29 is 19.1 Å². The van der Waals surface area contributed by atoms with E-state index in [1.807, 2.05) is 6.92 Å². The van der Waals surface area contributed by atoms with Gasteiger partial charge in [-0.25, -0.2) is 4.79 Å². The molecule has 1 aliphatic heterocycles. The zero-order chi connectivity index (χ0) is 14.5. The normalized spacial score (nSPS) is 15.7. The molecule has 5 heteroatoms. The minimum atomic E-state index is -0.411. The summed E-state index contributed by atoms with van der Waals surface area (Å²) >= 11 is 0. The van der Waals surface area contributed by atoms with Crippen LogP contribution in [0.25, 0.3) is 0 Å². The van der Waals surface area contributed by atoms with Gasteiger partial charge in [0, 0.05) is 24.8 Å². The third-order valence-electron chi connectivity index (χ3n) is 3.51. The molecule has 1 aromatic rings. The van der Waals surface area contributed by atoms with Crippen LogP contribution in [0.3, 0.4) is 0 Å². The zero-order valence-corrected chi connectivity index (χ0v) is 11.8. The van der Waals surface area contributed by atoms with E-state index in [1.165, 1.54) is 7.11 Å². The van der Waals surface area contributed by atoms with Crippen LogP contribution in [0.1, 0.15) is 28.8 Å². The van der Waals surface area contributed by atoms with Crippen LogP contribution in [0.15, 0.2) is 18.2 Å². The lowest BCUT2D eigenvalue weighted by atomic mass is 9.99. The van der Waals surface area contributed by atoms with Crippen molar-refractivity contribution in [3.05, 3.63) is 29.3 Å². The molecule has 0 unspecified atom stereocenters. The van der Waals surface area contributed by atoms with Gasteiger partial charge in [0.15, 0.2) is 0 Å². The molecule has 1 amide bonds. The first-order chi connectivity index (χ1) is 9.61. The number of esters is 1. The highest BCUT2D eigenvalue weighted by molar-refractivity contribution is 5.96. The minimum absolute atomic E-state index is 0.0154. The number of carbonyl (C=O) groups is 2. The molecule has 0 spiro atoms. The molecule has 1 heterocycles. The van der Waals surface area contributed by atoms with Gasteiger partial charge in [-0.15, -0.1) is 0 Å². The van der Waals surface area contributed by atoms with E-state index in [1.54, 1.807) is 18.2 Å².